The second-order valence-electron chi connectivity index (χ2n) is 7.53. The molecule has 0 radical (unpaired) electrons. The first kappa shape index (κ1) is 23.3. The van der Waals surface area contributed by atoms with Crippen LogP contribution < -0.4 is 20.2 Å². The van der Waals surface area contributed by atoms with Crippen molar-refractivity contribution in [3.63, 3.8) is 0 Å². The SMILES string of the molecule is O=C(N/N=C\c1ccc2c(c1)OCO2)c1ccc(NC(=O)c2sc3cc([N+](=O)[O-])ccc3c2Cl)cc1. The summed E-state index contributed by atoms with van der Waals surface area (Å²) in [7, 11) is 0. The molecule has 12 heteroatoms. The Labute approximate surface area is 212 Å². The highest BCUT2D eigenvalue weighted by Crippen LogP contribution is 2.37. The predicted octanol–water partition coefficient (Wildman–Crippen LogP) is 5.21. The van der Waals surface area contributed by atoms with Crippen LogP contribution in [0.15, 0.2) is 65.8 Å². The summed E-state index contributed by atoms with van der Waals surface area (Å²) in [5.41, 5.74) is 3.87. The Kier molecular flexibility index (Phi) is 6.23. The number of amides is 2. The molecule has 180 valence electrons. The highest BCUT2D eigenvalue weighted by molar-refractivity contribution is 7.21. The van der Waals surface area contributed by atoms with E-state index >= 15 is 0 Å². The van der Waals surface area contributed by atoms with E-state index in [1.54, 1.807) is 30.3 Å². The summed E-state index contributed by atoms with van der Waals surface area (Å²) >= 11 is 7.40. The molecule has 2 amide bonds. The number of anilines is 1. The monoisotopic (exact) mass is 522 g/mol. The fraction of sp³-hybridized carbons (Fsp3) is 0.0417. The van der Waals surface area contributed by atoms with E-state index in [0.29, 0.717) is 32.8 Å². The van der Waals surface area contributed by atoms with E-state index < -0.39 is 16.7 Å². The van der Waals surface area contributed by atoms with Gasteiger partial charge in [-0.25, -0.2) is 5.43 Å². The zero-order valence-electron chi connectivity index (χ0n) is 18.2. The lowest BCUT2D eigenvalue weighted by Crippen LogP contribution is -2.17. The minimum absolute atomic E-state index is 0.0820. The van der Waals surface area contributed by atoms with Crippen molar-refractivity contribution in [2.75, 3.05) is 12.1 Å². The van der Waals surface area contributed by atoms with Crippen molar-refractivity contribution in [2.45, 2.75) is 0 Å². The van der Waals surface area contributed by atoms with Crippen LogP contribution in [0.1, 0.15) is 25.6 Å². The molecule has 2 N–H and O–H groups in total. The van der Waals surface area contributed by atoms with Gasteiger partial charge in [0.1, 0.15) is 4.88 Å². The number of fused-ring (bicyclic) bond motifs is 2. The molecule has 0 saturated carbocycles. The zero-order valence-corrected chi connectivity index (χ0v) is 19.8. The molecule has 1 aliphatic rings. The zero-order chi connectivity index (χ0) is 25.2. The molecular formula is C24H15ClN4O6S. The molecule has 3 aromatic carbocycles. The highest BCUT2D eigenvalue weighted by atomic mass is 35.5. The van der Waals surface area contributed by atoms with Crippen molar-refractivity contribution < 1.29 is 24.0 Å². The van der Waals surface area contributed by atoms with Crippen LogP contribution in [0.4, 0.5) is 11.4 Å². The number of carbonyl (C=O) groups is 2. The summed E-state index contributed by atoms with van der Waals surface area (Å²) in [4.78, 5) is 35.9. The van der Waals surface area contributed by atoms with Crippen molar-refractivity contribution in [2.24, 2.45) is 5.10 Å². The maximum atomic E-state index is 12.8. The van der Waals surface area contributed by atoms with Crippen molar-refractivity contribution in [1.29, 1.82) is 0 Å². The summed E-state index contributed by atoms with van der Waals surface area (Å²) in [6, 6.07) is 15.7. The number of halogens is 1. The van der Waals surface area contributed by atoms with E-state index in [0.717, 1.165) is 16.9 Å². The fourth-order valence-corrected chi connectivity index (χ4v) is 4.87. The summed E-state index contributed by atoms with van der Waals surface area (Å²) < 4.78 is 11.1. The molecule has 2 heterocycles. The molecule has 0 unspecified atom stereocenters. The van der Waals surface area contributed by atoms with Gasteiger partial charge in [0.2, 0.25) is 6.79 Å². The number of nitrogens with one attached hydrogen (secondary N) is 2. The Morgan fingerprint density at radius 1 is 1.03 bits per heavy atom. The van der Waals surface area contributed by atoms with Crippen LogP contribution in [-0.4, -0.2) is 29.7 Å². The van der Waals surface area contributed by atoms with E-state index in [-0.39, 0.29) is 22.4 Å². The van der Waals surface area contributed by atoms with Crippen molar-refractivity contribution in [1.82, 2.24) is 5.43 Å². The average molecular weight is 523 g/mol. The van der Waals surface area contributed by atoms with Gasteiger partial charge in [-0.3, -0.25) is 19.7 Å². The second-order valence-corrected chi connectivity index (χ2v) is 8.96. The van der Waals surface area contributed by atoms with Crippen molar-refractivity contribution in [3.8, 4) is 11.5 Å². The number of rotatable bonds is 6. The molecule has 1 aromatic heterocycles. The van der Waals surface area contributed by atoms with E-state index in [1.165, 1.54) is 36.5 Å². The quantitative estimate of drug-likeness (QED) is 0.203. The minimum atomic E-state index is -0.507. The molecule has 0 bridgehead atoms. The number of nitrogens with zero attached hydrogens (tertiary/aromatic N) is 2. The molecule has 0 spiro atoms. The van der Waals surface area contributed by atoms with Gasteiger partial charge in [0.05, 0.1) is 16.2 Å². The van der Waals surface area contributed by atoms with Crippen LogP contribution in [0.3, 0.4) is 0 Å². The number of thiophene rings is 1. The van der Waals surface area contributed by atoms with Gasteiger partial charge in [0, 0.05) is 33.5 Å². The number of benzene rings is 3. The van der Waals surface area contributed by atoms with Crippen LogP contribution >= 0.6 is 22.9 Å². The van der Waals surface area contributed by atoms with E-state index in [4.69, 9.17) is 21.1 Å². The van der Waals surface area contributed by atoms with Crippen LogP contribution in [-0.2, 0) is 0 Å². The average Bonchev–Trinajstić information content (AvgIpc) is 3.48. The third-order valence-corrected chi connectivity index (χ3v) is 6.87. The first-order valence-corrected chi connectivity index (χ1v) is 11.6. The number of ether oxygens (including phenoxy) is 2. The van der Waals surface area contributed by atoms with Gasteiger partial charge in [0.15, 0.2) is 11.5 Å². The first-order valence-electron chi connectivity index (χ1n) is 10.4. The van der Waals surface area contributed by atoms with E-state index in [9.17, 15) is 19.7 Å². The number of hydrazone groups is 1. The van der Waals surface area contributed by atoms with Crippen molar-refractivity contribution in [3.05, 3.63) is 91.8 Å². The van der Waals surface area contributed by atoms with Gasteiger partial charge in [-0.05, 0) is 54.1 Å². The topological polar surface area (TPSA) is 132 Å². The van der Waals surface area contributed by atoms with Crippen LogP contribution in [0.2, 0.25) is 5.02 Å². The van der Waals surface area contributed by atoms with Gasteiger partial charge in [-0.15, -0.1) is 11.3 Å². The van der Waals surface area contributed by atoms with E-state index in [1.807, 2.05) is 0 Å². The number of carbonyl (C=O) groups excluding carboxylic acids is 2. The van der Waals surface area contributed by atoms with Crippen LogP contribution in [0.5, 0.6) is 11.5 Å². The summed E-state index contributed by atoms with van der Waals surface area (Å²) in [6.45, 7) is 0.172. The molecule has 0 fully saturated rings. The second kappa shape index (κ2) is 9.64. The summed E-state index contributed by atoms with van der Waals surface area (Å²) in [5.74, 6) is 0.372. The maximum Gasteiger partial charge on any atom is 0.271 e. The third kappa shape index (κ3) is 4.69. The number of nitro benzene ring substituents is 1. The Morgan fingerprint density at radius 2 is 1.81 bits per heavy atom. The lowest BCUT2D eigenvalue weighted by Gasteiger charge is -2.05. The molecular weight excluding hydrogens is 508 g/mol. The van der Waals surface area contributed by atoms with Gasteiger partial charge in [-0.1, -0.05) is 11.6 Å². The molecule has 0 saturated heterocycles. The molecule has 0 aliphatic carbocycles. The Morgan fingerprint density at radius 3 is 2.58 bits per heavy atom. The van der Waals surface area contributed by atoms with Crippen molar-refractivity contribution >= 4 is 62.4 Å². The lowest BCUT2D eigenvalue weighted by atomic mass is 10.2. The van der Waals surface area contributed by atoms with Crippen LogP contribution in [0, 0.1) is 10.1 Å². The summed E-state index contributed by atoms with van der Waals surface area (Å²) in [6.07, 6.45) is 1.48. The molecule has 1 aliphatic heterocycles. The summed E-state index contributed by atoms with van der Waals surface area (Å²) in [5, 5.41) is 18.5. The maximum absolute atomic E-state index is 12.8. The fourth-order valence-electron chi connectivity index (χ4n) is 3.43. The largest absolute Gasteiger partial charge is 0.454 e. The number of non-ortho nitro benzene ring substituents is 1. The Bertz CT molecular complexity index is 1550. The Hall–Kier alpha value is -4.48. The minimum Gasteiger partial charge on any atom is -0.454 e. The van der Waals surface area contributed by atoms with Gasteiger partial charge >= 0.3 is 0 Å². The third-order valence-electron chi connectivity index (χ3n) is 5.21. The molecule has 5 rings (SSSR count). The van der Waals surface area contributed by atoms with Gasteiger partial charge in [-0.2, -0.15) is 5.10 Å². The van der Waals surface area contributed by atoms with E-state index in [2.05, 4.69) is 15.8 Å². The highest BCUT2D eigenvalue weighted by Gasteiger charge is 2.19. The number of hydrogen-bond acceptors (Lipinski definition) is 8. The predicted molar refractivity (Wildman–Crippen MR) is 136 cm³/mol. The lowest BCUT2D eigenvalue weighted by molar-refractivity contribution is -0.384. The molecule has 4 aromatic rings. The van der Waals surface area contributed by atoms with Gasteiger partial charge < -0.3 is 14.8 Å². The standard InChI is InChI=1S/C24H15ClN4O6S/c25-21-17-7-6-16(29(32)33)10-20(17)36-22(21)24(31)27-15-4-2-14(3-5-15)23(30)28-26-11-13-1-8-18-19(9-13)35-12-34-18/h1-11H,12H2,(H,27,31)(H,28,30)/b26-11-. The normalized spacial score (nSPS) is 12.1. The first-order chi connectivity index (χ1) is 17.4. The van der Waals surface area contributed by atoms with Gasteiger partial charge in [0.25, 0.3) is 17.5 Å². The number of hydrogen-bond donors (Lipinski definition) is 2. The molecule has 10 nitrogen and oxygen atoms in total. The molecule has 36 heavy (non-hydrogen) atoms. The van der Waals surface area contributed by atoms with Crippen LogP contribution in [0.25, 0.3) is 10.1 Å². The Balaban J connectivity index is 1.22. The number of nitro groups is 1. The smallest absolute Gasteiger partial charge is 0.271 e. The molecule has 0 atom stereocenters.